The molecule has 0 aliphatic carbocycles. The van der Waals surface area contributed by atoms with Crippen LogP contribution >= 0.6 is 23.1 Å². The molecule has 0 radical (unpaired) electrons. The van der Waals surface area contributed by atoms with Gasteiger partial charge in [-0.25, -0.2) is 9.37 Å². The third-order valence-corrected chi connectivity index (χ3v) is 8.00. The number of aliphatic carboxylic acids is 1. The summed E-state index contributed by atoms with van der Waals surface area (Å²) in [6.45, 7) is -1.23. The Labute approximate surface area is 222 Å². The summed E-state index contributed by atoms with van der Waals surface area (Å²) in [7, 11) is 0. The van der Waals surface area contributed by atoms with Crippen LogP contribution in [0.2, 0.25) is 0 Å². The summed E-state index contributed by atoms with van der Waals surface area (Å²) < 4.78 is 16.1. The number of nitrogens with one attached hydrogen (secondary N) is 1. The fourth-order valence-corrected chi connectivity index (χ4v) is 6.18. The van der Waals surface area contributed by atoms with Crippen molar-refractivity contribution in [2.75, 3.05) is 18.3 Å². The van der Waals surface area contributed by atoms with Crippen molar-refractivity contribution in [2.24, 2.45) is 5.16 Å². The monoisotopic (exact) mass is 561 g/mol. The van der Waals surface area contributed by atoms with Crippen LogP contribution in [0.3, 0.4) is 0 Å². The number of carbonyl (C=O) groups is 3. The minimum Gasteiger partial charge on any atom is -0.543 e. The van der Waals surface area contributed by atoms with Crippen LogP contribution < -0.4 is 20.7 Å². The first-order chi connectivity index (χ1) is 18.3. The normalized spacial score (nSPS) is 19.4. The highest BCUT2D eigenvalue weighted by Gasteiger charge is 2.53. The lowest BCUT2D eigenvalue weighted by Gasteiger charge is -2.50. The highest BCUT2D eigenvalue weighted by Crippen LogP contribution is 2.40. The zero-order valence-corrected chi connectivity index (χ0v) is 21.1. The Hall–Kier alpha value is -4.02. The lowest BCUT2D eigenvalue weighted by Crippen LogP contribution is -2.71. The first-order valence-electron chi connectivity index (χ1n) is 11.1. The van der Waals surface area contributed by atoms with Gasteiger partial charge in [0.1, 0.15) is 22.6 Å². The summed E-state index contributed by atoms with van der Waals surface area (Å²) in [6.07, 6.45) is 5.28. The Kier molecular flexibility index (Phi) is 7.00. The zero-order valence-electron chi connectivity index (χ0n) is 19.4. The quantitative estimate of drug-likeness (QED) is 0.121. The molecule has 1 saturated heterocycles. The number of oxime groups is 1. The number of aliphatic hydroxyl groups excluding tert-OH is 1. The van der Waals surface area contributed by atoms with Crippen LogP contribution in [-0.2, 0) is 32.4 Å². The van der Waals surface area contributed by atoms with Gasteiger partial charge in [0.15, 0.2) is 29.8 Å². The molecule has 5 heterocycles. The van der Waals surface area contributed by atoms with E-state index in [2.05, 4.69) is 20.3 Å². The number of halogens is 1. The number of β-lactam (4-membered cyclic amide) rings is 1. The number of nitrogen functional groups attached to an aromatic ring is 1. The SMILES string of the molecule is Nc1nc(/C(=N/OCF)C(=O)N[C@@H]2C(=O)N3C(C(=O)[O-])=C(C[n+]4ccn5c(CO)ccc5c4)CS[C@H]23)cs1. The average Bonchev–Trinajstić information content (AvgIpc) is 3.52. The summed E-state index contributed by atoms with van der Waals surface area (Å²) in [5, 5.41) is 28.4. The van der Waals surface area contributed by atoms with E-state index in [1.165, 1.54) is 17.1 Å². The molecule has 3 aromatic rings. The second-order valence-electron chi connectivity index (χ2n) is 8.23. The van der Waals surface area contributed by atoms with E-state index in [1.54, 1.807) is 33.6 Å². The molecule has 38 heavy (non-hydrogen) atoms. The summed E-state index contributed by atoms with van der Waals surface area (Å²) in [4.78, 5) is 47.4. The average molecular weight is 562 g/mol. The number of carbonyl (C=O) groups excluding carboxylic acids is 3. The van der Waals surface area contributed by atoms with Crippen LogP contribution in [0.25, 0.3) is 5.52 Å². The molecular weight excluding hydrogens is 541 g/mol. The van der Waals surface area contributed by atoms with Crippen molar-refractivity contribution in [3.63, 3.8) is 0 Å². The third kappa shape index (κ3) is 4.57. The number of carboxylic acids is 1. The van der Waals surface area contributed by atoms with Gasteiger partial charge in [-0.2, -0.15) is 4.57 Å². The Morgan fingerprint density at radius 1 is 1.42 bits per heavy atom. The molecule has 2 amide bonds. The molecule has 2 atom stereocenters. The van der Waals surface area contributed by atoms with Crippen molar-refractivity contribution >= 4 is 57.2 Å². The Morgan fingerprint density at radius 2 is 2.24 bits per heavy atom. The van der Waals surface area contributed by atoms with Gasteiger partial charge < -0.3 is 35.3 Å². The number of nitrogens with two attached hydrogens (primary N) is 1. The van der Waals surface area contributed by atoms with Gasteiger partial charge >= 0.3 is 0 Å². The van der Waals surface area contributed by atoms with Crippen LogP contribution in [0.1, 0.15) is 11.4 Å². The highest BCUT2D eigenvalue weighted by molar-refractivity contribution is 8.00. The molecule has 4 N–H and O–H groups in total. The third-order valence-electron chi connectivity index (χ3n) is 5.99. The van der Waals surface area contributed by atoms with Gasteiger partial charge in [0.05, 0.1) is 24.5 Å². The Bertz CT molecular complexity index is 1500. The smallest absolute Gasteiger partial charge is 0.276 e. The van der Waals surface area contributed by atoms with Crippen molar-refractivity contribution in [3.8, 4) is 0 Å². The van der Waals surface area contributed by atoms with E-state index in [0.29, 0.717) is 11.3 Å². The van der Waals surface area contributed by atoms with Gasteiger partial charge in [0, 0.05) is 22.4 Å². The lowest BCUT2D eigenvalue weighted by molar-refractivity contribution is -0.688. The summed E-state index contributed by atoms with van der Waals surface area (Å²) in [5.74, 6) is -2.74. The van der Waals surface area contributed by atoms with Crippen LogP contribution in [-0.4, -0.2) is 66.9 Å². The van der Waals surface area contributed by atoms with E-state index in [1.807, 2.05) is 6.07 Å². The van der Waals surface area contributed by atoms with E-state index in [0.717, 1.165) is 21.8 Å². The molecule has 1 fully saturated rings. The first-order valence-corrected chi connectivity index (χ1v) is 13.0. The Balaban J connectivity index is 1.35. The molecule has 13 nitrogen and oxygen atoms in total. The number of thiazole rings is 1. The molecule has 0 aromatic carbocycles. The van der Waals surface area contributed by atoms with E-state index >= 15 is 0 Å². The van der Waals surface area contributed by atoms with E-state index < -0.39 is 36.1 Å². The minimum atomic E-state index is -1.51. The Morgan fingerprint density at radius 3 is 2.92 bits per heavy atom. The maximum atomic E-state index is 13.0. The summed E-state index contributed by atoms with van der Waals surface area (Å²) >= 11 is 2.31. The van der Waals surface area contributed by atoms with Crippen molar-refractivity contribution in [1.82, 2.24) is 19.6 Å². The van der Waals surface area contributed by atoms with Crippen molar-refractivity contribution < 1.29 is 38.4 Å². The van der Waals surface area contributed by atoms with Crippen LogP contribution in [0.5, 0.6) is 0 Å². The maximum absolute atomic E-state index is 13.0. The summed E-state index contributed by atoms with van der Waals surface area (Å²) in [5.41, 5.74) is 6.99. The van der Waals surface area contributed by atoms with Crippen molar-refractivity contribution in [2.45, 2.75) is 24.6 Å². The number of fused-ring (bicyclic) bond motifs is 2. The topological polar surface area (TPSA) is 179 Å². The molecule has 5 rings (SSSR count). The van der Waals surface area contributed by atoms with Gasteiger partial charge in [-0.1, -0.05) is 5.16 Å². The molecule has 0 unspecified atom stereocenters. The number of aliphatic hydroxyl groups is 1. The number of hydrogen-bond donors (Lipinski definition) is 3. The number of hydrogen-bond acceptors (Lipinski definition) is 11. The van der Waals surface area contributed by atoms with Gasteiger partial charge in [0.2, 0.25) is 0 Å². The number of alkyl halides is 1. The van der Waals surface area contributed by atoms with Crippen LogP contribution in [0.4, 0.5) is 9.52 Å². The minimum absolute atomic E-state index is 0.0408. The van der Waals surface area contributed by atoms with E-state index in [9.17, 15) is 29.0 Å². The number of rotatable bonds is 9. The van der Waals surface area contributed by atoms with E-state index in [-0.39, 0.29) is 41.1 Å². The molecule has 0 saturated carbocycles. The number of amides is 2. The van der Waals surface area contributed by atoms with Gasteiger partial charge in [-0.15, -0.1) is 23.1 Å². The molecule has 198 valence electrons. The molecule has 2 aliphatic rings. The molecule has 0 bridgehead atoms. The van der Waals surface area contributed by atoms with Gasteiger partial charge in [-0.3, -0.25) is 14.5 Å². The largest absolute Gasteiger partial charge is 0.543 e. The second-order valence-corrected chi connectivity index (χ2v) is 10.2. The fourth-order valence-electron chi connectivity index (χ4n) is 4.30. The molecule has 0 spiro atoms. The summed E-state index contributed by atoms with van der Waals surface area (Å²) in [6, 6.07) is 2.55. The molecule has 3 aromatic heterocycles. The predicted octanol–water partition coefficient (Wildman–Crippen LogP) is -1.49. The first kappa shape index (κ1) is 25.6. The molecule has 2 aliphatic heterocycles. The number of thioether (sulfide) groups is 1. The standard InChI is InChI=1S/C22H20FN7O6S2/c23-10-36-27-15(14-9-38-22(24)25-14)18(32)26-16-19(33)30-17(21(34)35)11(8-37-20(16)30)5-28-3-4-29-12(6-28)1-2-13(29)7-31/h1-4,6,9,16,20,31H,5,7-8,10H2,(H3-,24,25,26,32,34,35)/b27-15-/t16-,20-/m1/s1. The van der Waals surface area contributed by atoms with Crippen LogP contribution in [0.15, 0.2) is 52.5 Å². The molecular formula is C22H20FN7O6S2. The highest BCUT2D eigenvalue weighted by atomic mass is 32.2. The van der Waals surface area contributed by atoms with Crippen LogP contribution in [0, 0.1) is 0 Å². The molecule has 16 heteroatoms. The zero-order chi connectivity index (χ0) is 27.0. The predicted molar refractivity (Wildman–Crippen MR) is 131 cm³/mol. The van der Waals surface area contributed by atoms with Crippen molar-refractivity contribution in [1.29, 1.82) is 0 Å². The fraction of sp³-hybridized carbons (Fsp3) is 0.273. The van der Waals surface area contributed by atoms with Crippen molar-refractivity contribution in [3.05, 3.63) is 58.8 Å². The van der Waals surface area contributed by atoms with Gasteiger partial charge in [0.25, 0.3) is 18.7 Å². The maximum Gasteiger partial charge on any atom is 0.276 e. The lowest BCUT2D eigenvalue weighted by atomic mass is 10.0. The van der Waals surface area contributed by atoms with E-state index in [4.69, 9.17) is 5.73 Å². The van der Waals surface area contributed by atoms with Gasteiger partial charge in [-0.05, 0) is 12.1 Å². The number of aromatic nitrogens is 3. The second kappa shape index (κ2) is 10.4. The number of carboxylic acid groups (broad SMARTS) is 1. The number of anilines is 1. The number of nitrogens with zero attached hydrogens (tertiary/aromatic N) is 5.